The van der Waals surface area contributed by atoms with Gasteiger partial charge in [0.1, 0.15) is 11.6 Å². The first-order valence-corrected chi connectivity index (χ1v) is 4.33. The Hall–Kier alpha value is -1.51. The molecule has 0 atom stereocenters. The predicted octanol–water partition coefficient (Wildman–Crippen LogP) is 2.46. The number of benzene rings is 1. The van der Waals surface area contributed by atoms with Crippen LogP contribution in [-0.4, -0.2) is 7.11 Å². The molecule has 1 aromatic rings. The van der Waals surface area contributed by atoms with E-state index in [9.17, 15) is 4.39 Å². The van der Waals surface area contributed by atoms with Crippen LogP contribution in [0.3, 0.4) is 0 Å². The van der Waals surface area contributed by atoms with Crippen molar-refractivity contribution in [1.82, 2.24) is 0 Å². The third kappa shape index (κ3) is 1.87. The third-order valence-corrected chi connectivity index (χ3v) is 2.16. The summed E-state index contributed by atoms with van der Waals surface area (Å²) in [6, 6.07) is 3.10. The number of hydrogen-bond acceptors (Lipinski definition) is 2. The van der Waals surface area contributed by atoms with Crippen LogP contribution in [0.2, 0.25) is 0 Å². The number of halogens is 1. The van der Waals surface area contributed by atoms with Gasteiger partial charge in [-0.05, 0) is 37.3 Å². The molecule has 0 saturated carbocycles. The largest absolute Gasteiger partial charge is 0.496 e. The zero-order valence-corrected chi connectivity index (χ0v) is 8.60. The smallest absolute Gasteiger partial charge is 0.129 e. The van der Waals surface area contributed by atoms with Crippen molar-refractivity contribution in [1.29, 1.82) is 0 Å². The number of nitrogens with two attached hydrogens (primary N) is 1. The maximum absolute atomic E-state index is 13.2. The van der Waals surface area contributed by atoms with Crippen LogP contribution in [0.4, 0.5) is 4.39 Å². The highest BCUT2D eigenvalue weighted by molar-refractivity contribution is 5.69. The van der Waals surface area contributed by atoms with Crippen molar-refractivity contribution in [2.24, 2.45) is 5.73 Å². The summed E-state index contributed by atoms with van der Waals surface area (Å²) in [5.41, 5.74) is 7.68. The molecule has 0 unspecified atom stereocenters. The van der Waals surface area contributed by atoms with Gasteiger partial charge in [0.15, 0.2) is 0 Å². The fourth-order valence-corrected chi connectivity index (χ4v) is 1.23. The topological polar surface area (TPSA) is 35.2 Å². The van der Waals surface area contributed by atoms with E-state index in [1.54, 1.807) is 13.0 Å². The minimum absolute atomic E-state index is 0.268. The van der Waals surface area contributed by atoms with Gasteiger partial charge in [-0.2, -0.15) is 0 Å². The number of methoxy groups -OCH3 is 1. The summed E-state index contributed by atoms with van der Waals surface area (Å²) in [7, 11) is 1.51. The van der Waals surface area contributed by atoms with Gasteiger partial charge in [0.05, 0.1) is 7.11 Å². The Morgan fingerprint density at radius 1 is 1.50 bits per heavy atom. The van der Waals surface area contributed by atoms with E-state index in [0.29, 0.717) is 11.3 Å². The standard InChI is InChI=1S/C11H14FNO/c1-7-4-9(8(2)6-13)11(14-3)5-10(7)12/h4-6H,13H2,1-3H3/b8-6+. The fourth-order valence-electron chi connectivity index (χ4n) is 1.23. The van der Waals surface area contributed by atoms with Crippen LogP contribution in [0.1, 0.15) is 18.1 Å². The summed E-state index contributed by atoms with van der Waals surface area (Å²) in [4.78, 5) is 0. The molecule has 0 fully saturated rings. The molecule has 0 spiro atoms. The Morgan fingerprint density at radius 3 is 2.64 bits per heavy atom. The van der Waals surface area contributed by atoms with Gasteiger partial charge >= 0.3 is 0 Å². The lowest BCUT2D eigenvalue weighted by Crippen LogP contribution is -1.95. The summed E-state index contributed by atoms with van der Waals surface area (Å²) in [6.45, 7) is 3.57. The lowest BCUT2D eigenvalue weighted by atomic mass is 10.0. The van der Waals surface area contributed by atoms with Crippen LogP contribution in [-0.2, 0) is 0 Å². The number of aryl methyl sites for hydroxylation is 1. The molecule has 2 N–H and O–H groups in total. The zero-order chi connectivity index (χ0) is 10.7. The lowest BCUT2D eigenvalue weighted by Gasteiger charge is -2.10. The highest BCUT2D eigenvalue weighted by Gasteiger charge is 2.08. The molecule has 0 radical (unpaired) electrons. The van der Waals surface area contributed by atoms with Crippen molar-refractivity contribution in [2.45, 2.75) is 13.8 Å². The van der Waals surface area contributed by atoms with Crippen molar-refractivity contribution in [3.63, 3.8) is 0 Å². The lowest BCUT2D eigenvalue weighted by molar-refractivity contribution is 0.409. The maximum atomic E-state index is 13.2. The normalized spacial score (nSPS) is 11.6. The van der Waals surface area contributed by atoms with E-state index in [4.69, 9.17) is 10.5 Å². The first-order valence-electron chi connectivity index (χ1n) is 4.33. The fraction of sp³-hybridized carbons (Fsp3) is 0.273. The molecule has 0 amide bonds. The molecule has 0 bridgehead atoms. The van der Waals surface area contributed by atoms with Crippen LogP contribution in [0.15, 0.2) is 18.3 Å². The van der Waals surface area contributed by atoms with Crippen molar-refractivity contribution >= 4 is 5.57 Å². The van der Waals surface area contributed by atoms with Crippen molar-refractivity contribution < 1.29 is 9.13 Å². The van der Waals surface area contributed by atoms with E-state index in [2.05, 4.69) is 0 Å². The summed E-state index contributed by atoms with van der Waals surface area (Å²) in [5.74, 6) is 0.239. The van der Waals surface area contributed by atoms with E-state index in [1.807, 2.05) is 6.92 Å². The average Bonchev–Trinajstić information content (AvgIpc) is 2.20. The van der Waals surface area contributed by atoms with Crippen LogP contribution in [0.5, 0.6) is 5.75 Å². The van der Waals surface area contributed by atoms with Crippen molar-refractivity contribution in [3.05, 3.63) is 35.3 Å². The highest BCUT2D eigenvalue weighted by atomic mass is 19.1. The number of ether oxygens (including phenoxy) is 1. The SMILES string of the molecule is COc1cc(F)c(C)cc1/C(C)=C/N. The molecule has 0 aliphatic heterocycles. The molecule has 14 heavy (non-hydrogen) atoms. The molecule has 76 valence electrons. The summed E-state index contributed by atoms with van der Waals surface area (Å²) >= 11 is 0. The molecule has 0 heterocycles. The minimum Gasteiger partial charge on any atom is -0.496 e. The molecule has 1 aromatic carbocycles. The summed E-state index contributed by atoms with van der Waals surface area (Å²) < 4.78 is 18.3. The molecule has 0 aliphatic carbocycles. The van der Waals surface area contributed by atoms with E-state index in [0.717, 1.165) is 11.1 Å². The van der Waals surface area contributed by atoms with Gasteiger partial charge in [0.25, 0.3) is 0 Å². The molecule has 0 saturated heterocycles. The van der Waals surface area contributed by atoms with E-state index in [-0.39, 0.29) is 5.82 Å². The second-order valence-corrected chi connectivity index (χ2v) is 3.15. The van der Waals surface area contributed by atoms with Gasteiger partial charge in [-0.3, -0.25) is 0 Å². The Morgan fingerprint density at radius 2 is 2.14 bits per heavy atom. The Labute approximate surface area is 83.2 Å². The van der Waals surface area contributed by atoms with Gasteiger partial charge in [-0.15, -0.1) is 0 Å². The second kappa shape index (κ2) is 4.13. The number of hydrogen-bond donors (Lipinski definition) is 1. The molecular formula is C11H14FNO. The summed E-state index contributed by atoms with van der Waals surface area (Å²) in [6.07, 6.45) is 1.48. The molecule has 0 aromatic heterocycles. The van der Waals surface area contributed by atoms with Crippen LogP contribution in [0, 0.1) is 12.7 Å². The maximum Gasteiger partial charge on any atom is 0.129 e. The Bertz CT molecular complexity index is 372. The molecular weight excluding hydrogens is 181 g/mol. The monoisotopic (exact) mass is 195 g/mol. The number of allylic oxidation sites excluding steroid dienone is 1. The van der Waals surface area contributed by atoms with E-state index in [1.165, 1.54) is 19.4 Å². The minimum atomic E-state index is -0.268. The molecule has 3 heteroatoms. The van der Waals surface area contributed by atoms with Gasteiger partial charge in [0, 0.05) is 11.6 Å². The van der Waals surface area contributed by atoms with Gasteiger partial charge in [-0.1, -0.05) is 0 Å². The number of rotatable bonds is 2. The van der Waals surface area contributed by atoms with Crippen molar-refractivity contribution in [3.8, 4) is 5.75 Å². The molecule has 0 aliphatic rings. The molecule has 1 rings (SSSR count). The first kappa shape index (κ1) is 10.6. The Balaban J connectivity index is 3.34. The van der Waals surface area contributed by atoms with Gasteiger partial charge in [0.2, 0.25) is 0 Å². The third-order valence-electron chi connectivity index (χ3n) is 2.16. The van der Waals surface area contributed by atoms with Crippen LogP contribution in [0.25, 0.3) is 5.57 Å². The average molecular weight is 195 g/mol. The predicted molar refractivity (Wildman–Crippen MR) is 55.5 cm³/mol. The Kier molecular flexibility index (Phi) is 3.12. The van der Waals surface area contributed by atoms with Crippen molar-refractivity contribution in [2.75, 3.05) is 7.11 Å². The summed E-state index contributed by atoms with van der Waals surface area (Å²) in [5, 5.41) is 0. The highest BCUT2D eigenvalue weighted by Crippen LogP contribution is 2.27. The van der Waals surface area contributed by atoms with Crippen LogP contribution >= 0.6 is 0 Å². The van der Waals surface area contributed by atoms with Crippen LogP contribution < -0.4 is 10.5 Å². The quantitative estimate of drug-likeness (QED) is 0.786. The molecule has 2 nitrogen and oxygen atoms in total. The van der Waals surface area contributed by atoms with E-state index >= 15 is 0 Å². The van der Waals surface area contributed by atoms with E-state index < -0.39 is 0 Å². The first-order chi connectivity index (χ1) is 6.60. The van der Waals surface area contributed by atoms with Gasteiger partial charge in [-0.25, -0.2) is 4.39 Å². The zero-order valence-electron chi connectivity index (χ0n) is 8.60. The van der Waals surface area contributed by atoms with Gasteiger partial charge < -0.3 is 10.5 Å². The second-order valence-electron chi connectivity index (χ2n) is 3.15.